The molecule has 0 amide bonds. The maximum absolute atomic E-state index is 5.87. The van der Waals surface area contributed by atoms with Gasteiger partial charge in [0.15, 0.2) is 0 Å². The number of nitrogens with zero attached hydrogens (tertiary/aromatic N) is 1. The lowest BCUT2D eigenvalue weighted by Gasteiger charge is -2.37. The molecule has 0 fully saturated rings. The molecule has 0 aliphatic carbocycles. The summed E-state index contributed by atoms with van der Waals surface area (Å²) in [6.45, 7) is 9.42. The highest BCUT2D eigenvalue weighted by molar-refractivity contribution is 4.82. The summed E-state index contributed by atoms with van der Waals surface area (Å²) in [6, 6.07) is 0.989. The van der Waals surface area contributed by atoms with E-state index in [0.29, 0.717) is 18.6 Å². The molecule has 3 heteroatoms. The van der Waals surface area contributed by atoms with Gasteiger partial charge in [0.1, 0.15) is 0 Å². The zero-order chi connectivity index (χ0) is 12.8. The van der Waals surface area contributed by atoms with Gasteiger partial charge in [-0.25, -0.2) is 0 Å². The van der Waals surface area contributed by atoms with Crippen LogP contribution in [-0.4, -0.2) is 43.3 Å². The summed E-state index contributed by atoms with van der Waals surface area (Å²) in [5, 5.41) is 0. The van der Waals surface area contributed by atoms with E-state index in [1.807, 2.05) is 0 Å². The van der Waals surface area contributed by atoms with Crippen LogP contribution in [0.4, 0.5) is 0 Å². The highest BCUT2D eigenvalue weighted by atomic mass is 16.5. The van der Waals surface area contributed by atoms with E-state index in [9.17, 15) is 0 Å². The van der Waals surface area contributed by atoms with Crippen LogP contribution in [0.3, 0.4) is 0 Å². The van der Waals surface area contributed by atoms with Crippen LogP contribution in [0.25, 0.3) is 0 Å². The van der Waals surface area contributed by atoms with Gasteiger partial charge in [-0.15, -0.1) is 0 Å². The normalized spacial score (nSPS) is 16.5. The third-order valence-electron chi connectivity index (χ3n) is 3.53. The van der Waals surface area contributed by atoms with Crippen molar-refractivity contribution in [3.05, 3.63) is 0 Å². The minimum Gasteiger partial charge on any atom is -0.379 e. The topological polar surface area (TPSA) is 38.5 Å². The lowest BCUT2D eigenvalue weighted by Crippen LogP contribution is -2.47. The fraction of sp³-hybridized carbons (Fsp3) is 1.00. The van der Waals surface area contributed by atoms with Crippen LogP contribution in [0.5, 0.6) is 0 Å². The molecule has 0 aliphatic rings. The number of rotatable bonds is 8. The van der Waals surface area contributed by atoms with Crippen molar-refractivity contribution in [2.75, 3.05) is 20.7 Å². The molecule has 0 heterocycles. The summed E-state index contributed by atoms with van der Waals surface area (Å²) in [7, 11) is 3.94. The van der Waals surface area contributed by atoms with E-state index in [-0.39, 0.29) is 5.60 Å². The highest BCUT2D eigenvalue weighted by Crippen LogP contribution is 2.20. The van der Waals surface area contributed by atoms with Crippen molar-refractivity contribution >= 4 is 0 Å². The Morgan fingerprint density at radius 3 is 2.31 bits per heavy atom. The molecular weight excluding hydrogens is 200 g/mol. The van der Waals surface area contributed by atoms with Gasteiger partial charge in [0.05, 0.1) is 5.60 Å². The van der Waals surface area contributed by atoms with Gasteiger partial charge in [-0.2, -0.15) is 0 Å². The molecule has 0 spiro atoms. The van der Waals surface area contributed by atoms with Gasteiger partial charge in [-0.1, -0.05) is 13.3 Å². The van der Waals surface area contributed by atoms with E-state index in [4.69, 9.17) is 10.5 Å². The minimum absolute atomic E-state index is 0.0930. The molecule has 16 heavy (non-hydrogen) atoms. The summed E-state index contributed by atoms with van der Waals surface area (Å²) in [5.41, 5.74) is 5.78. The molecule has 0 saturated heterocycles. The Bertz CT molecular complexity index is 183. The first-order valence-electron chi connectivity index (χ1n) is 6.35. The second-order valence-electron chi connectivity index (χ2n) is 5.36. The van der Waals surface area contributed by atoms with Gasteiger partial charge in [0.2, 0.25) is 0 Å². The van der Waals surface area contributed by atoms with E-state index in [1.165, 1.54) is 12.8 Å². The summed E-state index contributed by atoms with van der Waals surface area (Å²) in [4.78, 5) is 2.39. The molecule has 0 aliphatic heterocycles. The van der Waals surface area contributed by atoms with E-state index in [0.717, 1.165) is 6.42 Å². The third kappa shape index (κ3) is 5.28. The van der Waals surface area contributed by atoms with Crippen molar-refractivity contribution < 1.29 is 4.74 Å². The van der Waals surface area contributed by atoms with Gasteiger partial charge in [0.25, 0.3) is 0 Å². The van der Waals surface area contributed by atoms with Gasteiger partial charge >= 0.3 is 0 Å². The molecule has 0 bridgehead atoms. The monoisotopic (exact) mass is 230 g/mol. The lowest BCUT2D eigenvalue weighted by atomic mass is 9.96. The predicted molar refractivity (Wildman–Crippen MR) is 70.7 cm³/mol. The maximum atomic E-state index is 5.87. The molecule has 0 aromatic rings. The molecule has 2 unspecified atom stereocenters. The van der Waals surface area contributed by atoms with Crippen LogP contribution in [0, 0.1) is 0 Å². The van der Waals surface area contributed by atoms with Crippen LogP contribution in [0.15, 0.2) is 0 Å². The second-order valence-corrected chi connectivity index (χ2v) is 5.36. The molecule has 0 radical (unpaired) electrons. The first kappa shape index (κ1) is 15.9. The Labute approximate surface area is 101 Å². The summed E-state index contributed by atoms with van der Waals surface area (Å²) in [5.74, 6) is 0. The first-order chi connectivity index (χ1) is 7.37. The molecule has 98 valence electrons. The molecule has 0 aromatic heterocycles. The summed E-state index contributed by atoms with van der Waals surface area (Å²) < 4.78 is 5.48. The Morgan fingerprint density at radius 1 is 1.38 bits per heavy atom. The van der Waals surface area contributed by atoms with E-state index >= 15 is 0 Å². The van der Waals surface area contributed by atoms with Crippen molar-refractivity contribution in [1.82, 2.24) is 4.90 Å². The molecule has 2 N–H and O–H groups in total. The van der Waals surface area contributed by atoms with Crippen molar-refractivity contribution in [1.29, 1.82) is 0 Å². The van der Waals surface area contributed by atoms with E-state index in [2.05, 4.69) is 39.6 Å². The smallest absolute Gasteiger partial charge is 0.0638 e. The van der Waals surface area contributed by atoms with Crippen LogP contribution in [-0.2, 0) is 4.74 Å². The van der Waals surface area contributed by atoms with Gasteiger partial charge in [0, 0.05) is 25.7 Å². The van der Waals surface area contributed by atoms with Crippen molar-refractivity contribution in [2.45, 2.75) is 64.6 Å². The lowest BCUT2D eigenvalue weighted by molar-refractivity contribution is -0.00912. The fourth-order valence-electron chi connectivity index (χ4n) is 2.03. The standard InChI is InChI=1S/C13H30N2O/c1-7-8-11(2)15(5)12(10-14)9-13(3,4)16-6/h11-12H,7-10,14H2,1-6H3. The van der Waals surface area contributed by atoms with Gasteiger partial charge in [-0.3, -0.25) is 4.90 Å². The molecule has 0 saturated carbocycles. The fourth-order valence-corrected chi connectivity index (χ4v) is 2.03. The summed E-state index contributed by atoms with van der Waals surface area (Å²) >= 11 is 0. The molecular formula is C13H30N2O. The van der Waals surface area contributed by atoms with E-state index < -0.39 is 0 Å². The number of ether oxygens (including phenoxy) is 1. The van der Waals surface area contributed by atoms with Gasteiger partial charge < -0.3 is 10.5 Å². The average Bonchev–Trinajstić information content (AvgIpc) is 2.25. The van der Waals surface area contributed by atoms with Crippen molar-refractivity contribution in [2.24, 2.45) is 5.73 Å². The number of methoxy groups -OCH3 is 1. The number of hydrogen-bond acceptors (Lipinski definition) is 3. The zero-order valence-corrected chi connectivity index (χ0v) is 11.9. The molecule has 3 nitrogen and oxygen atoms in total. The number of hydrogen-bond donors (Lipinski definition) is 1. The van der Waals surface area contributed by atoms with Crippen molar-refractivity contribution in [3.63, 3.8) is 0 Å². The Hall–Kier alpha value is -0.120. The quantitative estimate of drug-likeness (QED) is 0.695. The summed E-state index contributed by atoms with van der Waals surface area (Å²) in [6.07, 6.45) is 3.42. The second kappa shape index (κ2) is 7.25. The van der Waals surface area contributed by atoms with Crippen LogP contribution < -0.4 is 5.73 Å². The Balaban J connectivity index is 4.37. The van der Waals surface area contributed by atoms with Crippen molar-refractivity contribution in [3.8, 4) is 0 Å². The van der Waals surface area contributed by atoms with E-state index in [1.54, 1.807) is 7.11 Å². The SMILES string of the molecule is CCCC(C)N(C)C(CN)CC(C)(C)OC. The highest BCUT2D eigenvalue weighted by Gasteiger charge is 2.26. The van der Waals surface area contributed by atoms with Crippen LogP contribution in [0.1, 0.15) is 47.0 Å². The molecule has 0 aromatic carbocycles. The van der Waals surface area contributed by atoms with Gasteiger partial charge in [-0.05, 0) is 40.7 Å². The number of nitrogens with two attached hydrogens (primary N) is 1. The van der Waals surface area contributed by atoms with Crippen LogP contribution in [0.2, 0.25) is 0 Å². The first-order valence-corrected chi connectivity index (χ1v) is 6.35. The molecule has 2 atom stereocenters. The zero-order valence-electron chi connectivity index (χ0n) is 11.9. The third-order valence-corrected chi connectivity index (χ3v) is 3.53. The Morgan fingerprint density at radius 2 is 1.94 bits per heavy atom. The minimum atomic E-state index is -0.0930. The maximum Gasteiger partial charge on any atom is 0.0638 e. The molecule has 0 rings (SSSR count). The Kier molecular flexibility index (Phi) is 7.20. The average molecular weight is 230 g/mol. The number of likely N-dealkylation sites (N-methyl/N-ethyl adjacent to an activating group) is 1. The van der Waals surface area contributed by atoms with Crippen LogP contribution >= 0.6 is 0 Å². The predicted octanol–water partition coefficient (Wildman–Crippen LogP) is 2.25. The largest absolute Gasteiger partial charge is 0.379 e.